The van der Waals surface area contributed by atoms with Crippen molar-refractivity contribution in [2.75, 3.05) is 12.4 Å². The van der Waals surface area contributed by atoms with Crippen molar-refractivity contribution in [3.63, 3.8) is 0 Å². The van der Waals surface area contributed by atoms with Crippen LogP contribution in [0.25, 0.3) is 0 Å². The number of amides is 2. The quantitative estimate of drug-likeness (QED) is 0.498. The van der Waals surface area contributed by atoms with E-state index in [0.29, 0.717) is 27.0 Å². The maximum Gasteiger partial charge on any atom is 0.274 e. The van der Waals surface area contributed by atoms with Gasteiger partial charge in [0.15, 0.2) is 0 Å². The number of nitrogens with one attached hydrogen (secondary N) is 1. The predicted molar refractivity (Wildman–Crippen MR) is 119 cm³/mol. The molecule has 5 nitrogen and oxygen atoms in total. The van der Waals surface area contributed by atoms with E-state index in [0.717, 1.165) is 10.0 Å². The highest BCUT2D eigenvalue weighted by Gasteiger charge is 2.17. The van der Waals surface area contributed by atoms with E-state index in [1.54, 1.807) is 55.7 Å². The minimum absolute atomic E-state index is 0.239. The molecule has 2 amide bonds. The Kier molecular flexibility index (Phi) is 6.90. The van der Waals surface area contributed by atoms with Crippen LogP contribution < -0.4 is 5.32 Å². The lowest BCUT2D eigenvalue weighted by Crippen LogP contribution is -2.27. The molecular weight excluding hydrogens is 477 g/mol. The molecule has 2 aromatic carbocycles. The molecule has 0 aliphatic heterocycles. The van der Waals surface area contributed by atoms with Crippen LogP contribution in [0.3, 0.4) is 0 Å². The van der Waals surface area contributed by atoms with Gasteiger partial charge in [-0.2, -0.15) is 0 Å². The summed E-state index contributed by atoms with van der Waals surface area (Å²) in [7, 11) is 1.67. The third kappa shape index (κ3) is 5.56. The Morgan fingerprint density at radius 3 is 2.45 bits per heavy atom. The third-order valence-corrected chi connectivity index (χ3v) is 5.01. The molecule has 0 fully saturated rings. The molecule has 29 heavy (non-hydrogen) atoms. The van der Waals surface area contributed by atoms with Crippen LogP contribution in [0.4, 0.5) is 5.69 Å². The highest BCUT2D eigenvalue weighted by Crippen LogP contribution is 2.25. The van der Waals surface area contributed by atoms with Gasteiger partial charge in [0.1, 0.15) is 5.69 Å². The first-order valence-corrected chi connectivity index (χ1v) is 10.1. The molecule has 148 valence electrons. The minimum Gasteiger partial charge on any atom is -0.337 e. The van der Waals surface area contributed by atoms with Crippen LogP contribution in [0.15, 0.2) is 65.3 Å². The molecule has 0 saturated heterocycles. The Labute approximate surface area is 186 Å². The first-order chi connectivity index (χ1) is 13.8. The second-order valence-electron chi connectivity index (χ2n) is 6.29. The van der Waals surface area contributed by atoms with Crippen LogP contribution in [-0.4, -0.2) is 28.7 Å². The Morgan fingerprint density at radius 2 is 1.79 bits per heavy atom. The van der Waals surface area contributed by atoms with Crippen LogP contribution >= 0.6 is 39.1 Å². The molecule has 0 aliphatic carbocycles. The Balaban J connectivity index is 1.82. The number of pyridine rings is 1. The zero-order chi connectivity index (χ0) is 21.0. The van der Waals surface area contributed by atoms with E-state index in [1.807, 2.05) is 12.1 Å². The lowest BCUT2D eigenvalue weighted by atomic mass is 10.1. The molecule has 1 aromatic heterocycles. The summed E-state index contributed by atoms with van der Waals surface area (Å²) in [5.41, 5.74) is 2.04. The average molecular weight is 493 g/mol. The van der Waals surface area contributed by atoms with Gasteiger partial charge in [-0.1, -0.05) is 45.2 Å². The van der Waals surface area contributed by atoms with E-state index >= 15 is 0 Å². The molecule has 0 aliphatic rings. The van der Waals surface area contributed by atoms with Crippen molar-refractivity contribution in [2.24, 2.45) is 0 Å². The van der Waals surface area contributed by atoms with Gasteiger partial charge in [-0.15, -0.1) is 0 Å². The van der Waals surface area contributed by atoms with Crippen molar-refractivity contribution in [3.05, 3.63) is 92.1 Å². The highest BCUT2D eigenvalue weighted by molar-refractivity contribution is 9.10. The first kappa shape index (κ1) is 21.3. The summed E-state index contributed by atoms with van der Waals surface area (Å²) in [6, 6.07) is 15.3. The van der Waals surface area contributed by atoms with Crippen LogP contribution in [0.1, 0.15) is 26.4 Å². The average Bonchev–Trinajstić information content (AvgIpc) is 2.69. The number of anilines is 1. The second kappa shape index (κ2) is 9.39. The molecule has 1 heterocycles. The number of aromatic nitrogens is 1. The van der Waals surface area contributed by atoms with Gasteiger partial charge in [-0.05, 0) is 54.1 Å². The number of nitrogens with zero attached hydrogens (tertiary/aromatic N) is 2. The summed E-state index contributed by atoms with van der Waals surface area (Å²) in [6.07, 6.45) is 1.56. The van der Waals surface area contributed by atoms with Gasteiger partial charge in [0.2, 0.25) is 0 Å². The molecule has 3 aromatic rings. The van der Waals surface area contributed by atoms with Gasteiger partial charge in [0.25, 0.3) is 11.8 Å². The first-order valence-electron chi connectivity index (χ1n) is 8.56. The van der Waals surface area contributed by atoms with E-state index in [1.165, 1.54) is 4.90 Å². The Bertz CT molecular complexity index is 1040. The number of hydrogen-bond donors (Lipinski definition) is 1. The number of halogens is 3. The zero-order valence-electron chi connectivity index (χ0n) is 15.3. The molecule has 1 N–H and O–H groups in total. The van der Waals surface area contributed by atoms with Crippen LogP contribution in [0.2, 0.25) is 10.0 Å². The maximum absolute atomic E-state index is 12.8. The molecule has 0 atom stereocenters. The fourth-order valence-corrected chi connectivity index (χ4v) is 3.66. The minimum atomic E-state index is -0.329. The van der Waals surface area contributed by atoms with E-state index < -0.39 is 0 Å². The number of carbonyl (C=O) groups excluding carboxylic acids is 2. The fraction of sp³-hybridized carbons (Fsp3) is 0.0952. The van der Waals surface area contributed by atoms with Gasteiger partial charge in [0, 0.05) is 45.6 Å². The normalized spacial score (nSPS) is 10.5. The standard InChI is InChI=1S/C21H16BrCl2N3O2/c1-27(21(29)13-9-16(23)11-17(24)10-13)12-14-8-15(22)5-6-18(14)26-20(28)19-4-2-3-7-25-19/h2-11H,12H2,1H3,(H,26,28). The molecule has 0 bridgehead atoms. The fourth-order valence-electron chi connectivity index (χ4n) is 2.72. The Hall–Kier alpha value is -2.41. The maximum atomic E-state index is 12.8. The van der Waals surface area contributed by atoms with Gasteiger partial charge < -0.3 is 10.2 Å². The molecule has 0 spiro atoms. The highest BCUT2D eigenvalue weighted by atomic mass is 79.9. The summed E-state index contributed by atoms with van der Waals surface area (Å²) in [6.45, 7) is 0.264. The van der Waals surface area contributed by atoms with Gasteiger partial charge in [0.05, 0.1) is 0 Å². The summed E-state index contributed by atoms with van der Waals surface area (Å²) < 4.78 is 0.829. The van der Waals surface area contributed by atoms with E-state index in [9.17, 15) is 9.59 Å². The predicted octanol–water partition coefficient (Wildman–Crippen LogP) is 5.68. The summed E-state index contributed by atoms with van der Waals surface area (Å²) in [5.74, 6) is -0.568. The van der Waals surface area contributed by atoms with Crippen molar-refractivity contribution >= 4 is 56.6 Å². The van der Waals surface area contributed by atoms with Gasteiger partial charge >= 0.3 is 0 Å². The summed E-state index contributed by atoms with van der Waals surface area (Å²) >= 11 is 15.4. The molecule has 0 unspecified atom stereocenters. The Morgan fingerprint density at radius 1 is 1.07 bits per heavy atom. The smallest absolute Gasteiger partial charge is 0.274 e. The number of rotatable bonds is 5. The largest absolute Gasteiger partial charge is 0.337 e. The number of benzene rings is 2. The molecule has 0 saturated carbocycles. The van der Waals surface area contributed by atoms with Crippen molar-refractivity contribution in [3.8, 4) is 0 Å². The molecular formula is C21H16BrCl2N3O2. The van der Waals surface area contributed by atoms with Gasteiger partial charge in [-0.25, -0.2) is 0 Å². The molecule has 8 heteroatoms. The summed E-state index contributed by atoms with van der Waals surface area (Å²) in [4.78, 5) is 30.8. The lowest BCUT2D eigenvalue weighted by Gasteiger charge is -2.20. The second-order valence-corrected chi connectivity index (χ2v) is 8.08. The van der Waals surface area contributed by atoms with Crippen molar-refractivity contribution in [1.29, 1.82) is 0 Å². The van der Waals surface area contributed by atoms with E-state index in [-0.39, 0.29) is 18.4 Å². The van der Waals surface area contributed by atoms with Crippen LogP contribution in [0, 0.1) is 0 Å². The van der Waals surface area contributed by atoms with Crippen LogP contribution in [0.5, 0.6) is 0 Å². The topological polar surface area (TPSA) is 62.3 Å². The van der Waals surface area contributed by atoms with Crippen molar-refractivity contribution < 1.29 is 9.59 Å². The van der Waals surface area contributed by atoms with Crippen LogP contribution in [-0.2, 0) is 6.54 Å². The van der Waals surface area contributed by atoms with Crippen molar-refractivity contribution in [1.82, 2.24) is 9.88 Å². The number of carbonyl (C=O) groups is 2. The molecule has 3 rings (SSSR count). The molecule has 0 radical (unpaired) electrons. The van der Waals surface area contributed by atoms with Gasteiger partial charge in [-0.3, -0.25) is 14.6 Å². The van der Waals surface area contributed by atoms with E-state index in [2.05, 4.69) is 26.2 Å². The monoisotopic (exact) mass is 491 g/mol. The lowest BCUT2D eigenvalue weighted by molar-refractivity contribution is 0.0785. The number of hydrogen-bond acceptors (Lipinski definition) is 3. The SMILES string of the molecule is CN(Cc1cc(Br)ccc1NC(=O)c1ccccn1)C(=O)c1cc(Cl)cc(Cl)c1. The third-order valence-electron chi connectivity index (χ3n) is 4.08. The van der Waals surface area contributed by atoms with E-state index in [4.69, 9.17) is 23.2 Å². The van der Waals surface area contributed by atoms with Crippen molar-refractivity contribution in [2.45, 2.75) is 6.54 Å². The zero-order valence-corrected chi connectivity index (χ0v) is 18.4. The summed E-state index contributed by atoms with van der Waals surface area (Å²) in [5, 5.41) is 3.63.